The van der Waals surface area contributed by atoms with E-state index >= 15 is 0 Å². The van der Waals surface area contributed by atoms with Crippen molar-refractivity contribution >= 4 is 66.9 Å². The highest BCUT2D eigenvalue weighted by atomic mass is 79.9. The van der Waals surface area contributed by atoms with Crippen molar-refractivity contribution in [3.63, 3.8) is 0 Å². The molecule has 32 heavy (non-hydrogen) atoms. The second-order valence-corrected chi connectivity index (χ2v) is 10.5. The molecule has 5 rings (SSSR count). The van der Waals surface area contributed by atoms with Crippen LogP contribution in [0.4, 0.5) is 11.4 Å². The summed E-state index contributed by atoms with van der Waals surface area (Å²) in [5.41, 5.74) is 0.714. The molecule has 6 atom stereocenters. The molecule has 164 valence electrons. The van der Waals surface area contributed by atoms with Crippen molar-refractivity contribution in [2.75, 3.05) is 10.2 Å². The molecule has 1 heterocycles. The molecule has 3 amide bonds. The molecule has 2 bridgehead atoms. The molecule has 0 radical (unpaired) electrons. The van der Waals surface area contributed by atoms with Gasteiger partial charge in [-0.25, -0.2) is 4.79 Å². The number of alkyl halides is 2. The lowest BCUT2D eigenvalue weighted by molar-refractivity contribution is -0.123. The molecule has 1 aliphatic heterocycles. The van der Waals surface area contributed by atoms with Crippen molar-refractivity contribution in [2.24, 2.45) is 23.7 Å². The number of benzene rings is 2. The van der Waals surface area contributed by atoms with E-state index in [0.717, 1.165) is 6.42 Å². The number of carbonyl (C=O) groups is 4. The second kappa shape index (κ2) is 7.81. The van der Waals surface area contributed by atoms with E-state index in [2.05, 4.69) is 37.2 Å². The van der Waals surface area contributed by atoms with Crippen molar-refractivity contribution in [1.29, 1.82) is 0 Å². The Labute approximate surface area is 200 Å². The molecule has 7 nitrogen and oxygen atoms in total. The third-order valence-electron chi connectivity index (χ3n) is 6.76. The van der Waals surface area contributed by atoms with Crippen molar-refractivity contribution in [2.45, 2.75) is 16.1 Å². The molecule has 0 spiro atoms. The quantitative estimate of drug-likeness (QED) is 0.435. The third kappa shape index (κ3) is 3.13. The van der Waals surface area contributed by atoms with E-state index in [1.807, 2.05) is 0 Å². The number of amides is 3. The lowest BCUT2D eigenvalue weighted by atomic mass is 9.81. The number of fused-ring (bicyclic) bond motifs is 5. The van der Waals surface area contributed by atoms with Gasteiger partial charge >= 0.3 is 5.97 Å². The number of carboxylic acids is 1. The van der Waals surface area contributed by atoms with Crippen LogP contribution in [-0.2, 0) is 9.59 Å². The van der Waals surface area contributed by atoms with Gasteiger partial charge in [0.2, 0.25) is 11.8 Å². The van der Waals surface area contributed by atoms with Crippen LogP contribution < -0.4 is 10.2 Å². The van der Waals surface area contributed by atoms with Gasteiger partial charge in [-0.1, -0.05) is 50.1 Å². The average Bonchev–Trinajstić information content (AvgIpc) is 3.39. The topological polar surface area (TPSA) is 104 Å². The van der Waals surface area contributed by atoms with Gasteiger partial charge in [-0.3, -0.25) is 19.3 Å². The number of nitrogens with zero attached hydrogens (tertiary/aromatic N) is 1. The smallest absolute Gasteiger partial charge is 0.337 e. The summed E-state index contributed by atoms with van der Waals surface area (Å²) in [6, 6.07) is 12.4. The van der Waals surface area contributed by atoms with Crippen LogP contribution in [0.1, 0.15) is 27.1 Å². The molecule has 3 fully saturated rings. The highest BCUT2D eigenvalue weighted by Gasteiger charge is 2.66. The Kier molecular flexibility index (Phi) is 5.21. The van der Waals surface area contributed by atoms with Gasteiger partial charge in [0.25, 0.3) is 5.91 Å². The van der Waals surface area contributed by atoms with E-state index in [-0.39, 0.29) is 62.0 Å². The number of hydrogen-bond donors (Lipinski definition) is 2. The maximum absolute atomic E-state index is 13.2. The number of carboxylic acid groups (broad SMARTS) is 1. The van der Waals surface area contributed by atoms with E-state index in [4.69, 9.17) is 0 Å². The highest BCUT2D eigenvalue weighted by Crippen LogP contribution is 2.60. The first-order valence-electron chi connectivity index (χ1n) is 10.2. The summed E-state index contributed by atoms with van der Waals surface area (Å²) in [7, 11) is 0. The molecular weight excluding hydrogens is 544 g/mol. The van der Waals surface area contributed by atoms with Crippen LogP contribution in [0.5, 0.6) is 0 Å². The Morgan fingerprint density at radius 1 is 0.938 bits per heavy atom. The van der Waals surface area contributed by atoms with Crippen LogP contribution >= 0.6 is 31.9 Å². The van der Waals surface area contributed by atoms with Gasteiger partial charge in [0.15, 0.2) is 0 Å². The highest BCUT2D eigenvalue weighted by molar-refractivity contribution is 9.12. The predicted octanol–water partition coefficient (Wildman–Crippen LogP) is 3.92. The largest absolute Gasteiger partial charge is 0.478 e. The number of para-hydroxylation sites is 1. The number of anilines is 2. The second-order valence-electron chi connectivity index (χ2n) is 8.37. The summed E-state index contributed by atoms with van der Waals surface area (Å²) in [5, 5.41) is 11.9. The summed E-state index contributed by atoms with van der Waals surface area (Å²) in [6.45, 7) is 0. The number of nitrogens with one attached hydrogen (secondary N) is 1. The van der Waals surface area contributed by atoms with E-state index in [9.17, 15) is 24.3 Å². The van der Waals surface area contributed by atoms with Gasteiger partial charge in [-0.15, -0.1) is 0 Å². The van der Waals surface area contributed by atoms with Crippen LogP contribution in [0.15, 0.2) is 48.5 Å². The lowest BCUT2D eigenvalue weighted by Gasteiger charge is -2.28. The fourth-order valence-corrected chi connectivity index (χ4v) is 7.24. The van der Waals surface area contributed by atoms with Crippen LogP contribution in [0.25, 0.3) is 0 Å². The van der Waals surface area contributed by atoms with E-state index in [1.54, 1.807) is 30.3 Å². The van der Waals surface area contributed by atoms with Crippen molar-refractivity contribution in [1.82, 2.24) is 0 Å². The molecule has 0 unspecified atom stereocenters. The lowest BCUT2D eigenvalue weighted by Crippen LogP contribution is -2.37. The van der Waals surface area contributed by atoms with Gasteiger partial charge in [0, 0.05) is 15.2 Å². The van der Waals surface area contributed by atoms with Crippen molar-refractivity contribution in [3.8, 4) is 0 Å². The van der Waals surface area contributed by atoms with E-state index < -0.39 is 11.9 Å². The molecule has 0 aromatic heterocycles. The summed E-state index contributed by atoms with van der Waals surface area (Å²) in [5.74, 6) is -2.59. The number of aromatic carboxylic acids is 1. The molecule has 2 N–H and O–H groups in total. The van der Waals surface area contributed by atoms with Crippen molar-refractivity contribution in [3.05, 3.63) is 59.7 Å². The van der Waals surface area contributed by atoms with Crippen LogP contribution in [-0.4, -0.2) is 38.5 Å². The standard InChI is InChI=1S/C23H18Br2N2O5/c24-18-13-9-14(19(18)25)17-16(13)21(29)27(22(17)30)11-5-3-4-10(8-11)20(28)26-15-7-2-1-6-12(15)23(31)32/h1-8,13-14,16-19H,9H2,(H,26,28)(H,31,32)/t13-,14-,16-,17-,18-,19+/m1/s1. The maximum Gasteiger partial charge on any atom is 0.337 e. The molecule has 2 aromatic rings. The number of carbonyl (C=O) groups excluding carboxylic acids is 3. The van der Waals surface area contributed by atoms with E-state index in [1.165, 1.54) is 23.1 Å². The minimum absolute atomic E-state index is 0.0288. The van der Waals surface area contributed by atoms with Gasteiger partial charge in [-0.2, -0.15) is 0 Å². The maximum atomic E-state index is 13.2. The SMILES string of the molecule is O=C(Nc1ccccc1C(=O)O)c1cccc(N2C(=O)[C@@H]3[C@H]4C[C@@H]([C@@H](Br)[C@H]4Br)[C@H]3C2=O)c1. The zero-order chi connectivity index (χ0) is 22.7. The zero-order valence-electron chi connectivity index (χ0n) is 16.6. The zero-order valence-corrected chi connectivity index (χ0v) is 19.7. The fourth-order valence-electron chi connectivity index (χ4n) is 5.36. The van der Waals surface area contributed by atoms with Gasteiger partial charge in [-0.05, 0) is 48.6 Å². The first kappa shape index (κ1) is 21.3. The molecule has 2 aliphatic carbocycles. The minimum atomic E-state index is -1.15. The van der Waals surface area contributed by atoms with Gasteiger partial charge in [0.05, 0.1) is 28.8 Å². The first-order valence-corrected chi connectivity index (χ1v) is 12.0. The Bertz CT molecular complexity index is 1140. The number of imide groups is 1. The third-order valence-corrected chi connectivity index (χ3v) is 9.97. The molecule has 2 saturated carbocycles. The molecule has 2 aromatic carbocycles. The van der Waals surface area contributed by atoms with Crippen LogP contribution in [0.2, 0.25) is 0 Å². The Balaban J connectivity index is 1.42. The van der Waals surface area contributed by atoms with Crippen LogP contribution in [0.3, 0.4) is 0 Å². The number of rotatable bonds is 4. The average molecular weight is 562 g/mol. The molecule has 1 saturated heterocycles. The molecule has 9 heteroatoms. The first-order chi connectivity index (χ1) is 15.3. The Morgan fingerprint density at radius 2 is 1.56 bits per heavy atom. The summed E-state index contributed by atoms with van der Waals surface area (Å²) in [6.07, 6.45) is 0.845. The van der Waals surface area contributed by atoms with Crippen LogP contribution in [0, 0.1) is 23.7 Å². The normalized spacial score (nSPS) is 30.5. The minimum Gasteiger partial charge on any atom is -0.478 e. The van der Waals surface area contributed by atoms with E-state index in [0.29, 0.717) is 5.69 Å². The monoisotopic (exact) mass is 560 g/mol. The van der Waals surface area contributed by atoms with Gasteiger partial charge < -0.3 is 10.4 Å². The fraction of sp³-hybridized carbons (Fsp3) is 0.304. The molecule has 3 aliphatic rings. The Hall–Kier alpha value is -2.52. The number of halogens is 2. The molecular formula is C23H18Br2N2O5. The number of hydrogen-bond acceptors (Lipinski definition) is 4. The van der Waals surface area contributed by atoms with Crippen molar-refractivity contribution < 1.29 is 24.3 Å². The summed E-state index contributed by atoms with van der Waals surface area (Å²) in [4.78, 5) is 52.2. The van der Waals surface area contributed by atoms with Gasteiger partial charge in [0.1, 0.15) is 0 Å². The Morgan fingerprint density at radius 3 is 2.19 bits per heavy atom. The summed E-state index contributed by atoms with van der Waals surface area (Å²) < 4.78 is 0. The predicted molar refractivity (Wildman–Crippen MR) is 124 cm³/mol. The summed E-state index contributed by atoms with van der Waals surface area (Å²) >= 11 is 7.35.